The predicted molar refractivity (Wildman–Crippen MR) is 570 cm³/mol. The van der Waals surface area contributed by atoms with Crippen LogP contribution in [0.25, 0.3) is 0 Å². The molecule has 0 bridgehead atoms. The third kappa shape index (κ3) is 99.7. The molecule has 2 saturated heterocycles. The topological polar surface area (TPSA) is 189 Å². The van der Waals surface area contributed by atoms with Gasteiger partial charge >= 0.3 is 0 Å². The number of hydrogen-bond acceptors (Lipinski definition) is 15. The summed E-state index contributed by atoms with van der Waals surface area (Å²) in [5.74, 6) is 3.88. The summed E-state index contributed by atoms with van der Waals surface area (Å²) in [6, 6.07) is 21.2. The van der Waals surface area contributed by atoms with Crippen LogP contribution in [0.2, 0.25) is 0 Å². The van der Waals surface area contributed by atoms with Crippen molar-refractivity contribution in [3.05, 3.63) is 72.8 Å². The molecule has 6 unspecified atom stereocenters. The summed E-state index contributed by atoms with van der Waals surface area (Å²) in [6.45, 7) is 28.5. The largest absolute Gasteiger partial charge is 0.508 e. The lowest BCUT2D eigenvalue weighted by Gasteiger charge is -2.16. The van der Waals surface area contributed by atoms with E-state index in [4.69, 9.17) is 62.3 Å². The van der Waals surface area contributed by atoms with Crippen LogP contribution in [0, 0.1) is 11.8 Å². The molecule has 0 amide bonds. The van der Waals surface area contributed by atoms with Gasteiger partial charge in [-0.2, -0.15) is 0 Å². The molecule has 786 valence electrons. The second-order valence-corrected chi connectivity index (χ2v) is 39.9. The number of unbranched alkanes of at least 4 members (excludes halogenated alkanes) is 65. The molecule has 15 nitrogen and oxygen atoms in total. The molecule has 3 aromatic carbocycles. The van der Waals surface area contributed by atoms with Crippen LogP contribution in [0.15, 0.2) is 72.8 Å². The number of phenols is 2. The summed E-state index contributed by atoms with van der Waals surface area (Å²) >= 11 is 0. The van der Waals surface area contributed by atoms with Crippen LogP contribution in [0.4, 0.5) is 0 Å². The highest BCUT2D eigenvalue weighted by atomic mass is 16.6. The highest BCUT2D eigenvalue weighted by molar-refractivity contribution is 5.34. The van der Waals surface area contributed by atoms with Crippen molar-refractivity contribution in [2.45, 2.75) is 536 Å². The zero-order valence-electron chi connectivity index (χ0n) is 89.2. The van der Waals surface area contributed by atoms with Crippen molar-refractivity contribution in [1.82, 2.24) is 0 Å². The number of aliphatic hydroxyl groups is 2. The molecular weight excluding hydrogens is 1670 g/mol. The van der Waals surface area contributed by atoms with Crippen LogP contribution >= 0.6 is 0 Å². The molecule has 6 atom stereocenters. The molecule has 2 fully saturated rings. The smallest absolute Gasteiger partial charge is 0.123 e. The molecule has 15 heteroatoms. The van der Waals surface area contributed by atoms with Crippen LogP contribution in [0.1, 0.15) is 511 Å². The third-order valence-corrected chi connectivity index (χ3v) is 25.6. The van der Waals surface area contributed by atoms with E-state index in [1.807, 2.05) is 42.5 Å². The molecule has 2 aliphatic rings. The van der Waals surface area contributed by atoms with Crippen molar-refractivity contribution in [2.75, 3.05) is 106 Å². The van der Waals surface area contributed by atoms with Gasteiger partial charge in [-0.1, -0.05) is 491 Å². The Bertz CT molecular complexity index is 2460. The fourth-order valence-electron chi connectivity index (χ4n) is 16.5. The van der Waals surface area contributed by atoms with Gasteiger partial charge in [0.05, 0.1) is 65.6 Å². The molecule has 3 aromatic rings. The van der Waals surface area contributed by atoms with E-state index in [9.17, 15) is 10.2 Å². The summed E-state index contributed by atoms with van der Waals surface area (Å²) in [5.41, 5.74) is 0. The number of phenolic OH excluding ortho intramolecular Hbond substituents is 2. The van der Waals surface area contributed by atoms with Gasteiger partial charge in [0.15, 0.2) is 0 Å². The Morgan fingerprint density at radius 3 is 0.627 bits per heavy atom. The zero-order chi connectivity index (χ0) is 96.7. The van der Waals surface area contributed by atoms with Gasteiger partial charge in [-0.3, -0.25) is 0 Å². The van der Waals surface area contributed by atoms with Crippen LogP contribution in [0.3, 0.4) is 0 Å². The van der Waals surface area contributed by atoms with Crippen LogP contribution in [-0.4, -0.2) is 151 Å². The molecule has 2 heterocycles. The first kappa shape index (κ1) is 128. The SMILES string of the molecule is CCC1CO1.CCCCCCCCCCCCCCCCOCC(C)COc1cccc(OCC(C)COCCCCCCCCCCCCCCCC)c1.CCCCCCCCCCCCCCCCOCC(O)COc1cccc(OCC(O)COCCCCCCCCCCCCCCCC)c1.CCCCCCCCCCCCCCCCOCC1CO1.Oc1cccc(O)c1. The number of aliphatic hydroxyl groups excluding tert-OH is 2. The van der Waals surface area contributed by atoms with Gasteiger partial charge in [-0.15, -0.1) is 0 Å². The average molecular weight is 1890 g/mol. The fraction of sp³-hybridized carbons (Fsp3) is 0.849. The van der Waals surface area contributed by atoms with Crippen LogP contribution < -0.4 is 18.9 Å². The van der Waals surface area contributed by atoms with Gasteiger partial charge in [0.1, 0.15) is 66.0 Å². The van der Waals surface area contributed by atoms with E-state index in [0.717, 1.165) is 77.2 Å². The standard InChI is InChI=1S/C46H86O4.C44H82O6.C19H38O2.C6H6O2.C4H8O/c1-5-7-9-11-13-15-17-19-21-23-25-27-29-31-36-47-39-43(3)41-49-45-34-33-35-46(38-45)50-42-44(4)40-48-37-32-30-28-26-24-22-20-18-16-14-12-10-8-6-2;1-3-5-7-9-11-13-15-17-19-21-23-25-27-29-34-47-37-41(45)39-49-43-32-31-33-44(36-43)50-40-42(46)38-48-35-30-28-26-24-22-20-18-16-14-12-10-8-6-4-2;1-2-3-4-5-6-7-8-9-10-11-12-13-14-15-16-20-17-19-18-21-19;7-5-2-1-3-6(8)4-5;1-2-4-3-5-4/h33-35,38,43-44H,5-32,36-37,39-42H2,1-4H3;31-33,36,41-42,45-46H,3-30,34-35,37-40H2,1-2H3;19H,2-18H2,1H3;1-4,7-8H;4H,2-3H2,1H3. The summed E-state index contributed by atoms with van der Waals surface area (Å²) in [5, 5.41) is 37.9. The first-order valence-electron chi connectivity index (χ1n) is 57.6. The highest BCUT2D eigenvalue weighted by Crippen LogP contribution is 2.26. The fourth-order valence-corrected chi connectivity index (χ4v) is 16.5. The quantitative estimate of drug-likeness (QED) is 0.0308. The molecule has 4 N–H and O–H groups in total. The minimum Gasteiger partial charge on any atom is -0.508 e. The molecule has 0 aliphatic carbocycles. The molecule has 0 radical (unpaired) electrons. The molecule has 134 heavy (non-hydrogen) atoms. The minimum atomic E-state index is -0.676. The van der Waals surface area contributed by atoms with E-state index < -0.39 is 12.2 Å². The normalized spacial score (nSPS) is 14.0. The van der Waals surface area contributed by atoms with Crippen LogP contribution in [-0.2, 0) is 33.2 Å². The number of rotatable bonds is 98. The molecule has 2 aliphatic heterocycles. The Kier molecular flexibility index (Phi) is 100. The monoisotopic (exact) mass is 1890 g/mol. The van der Waals surface area contributed by atoms with Gasteiger partial charge < -0.3 is 72.5 Å². The first-order valence-corrected chi connectivity index (χ1v) is 57.6. The number of ether oxygens (including phenoxy) is 11. The van der Waals surface area contributed by atoms with Gasteiger partial charge in [-0.05, 0) is 74.9 Å². The minimum absolute atomic E-state index is 0.0880. The molecule has 5 rings (SSSR count). The lowest BCUT2D eigenvalue weighted by molar-refractivity contribution is 0.00955. The van der Waals surface area contributed by atoms with E-state index in [1.54, 1.807) is 12.1 Å². The van der Waals surface area contributed by atoms with Crippen molar-refractivity contribution in [3.63, 3.8) is 0 Å². The summed E-state index contributed by atoms with van der Waals surface area (Å²) in [4.78, 5) is 0. The number of aromatic hydroxyl groups is 2. The maximum absolute atomic E-state index is 10.3. The lowest BCUT2D eigenvalue weighted by Crippen LogP contribution is -2.24. The average Bonchev–Trinajstić information content (AvgIpc) is 1.54. The van der Waals surface area contributed by atoms with Crippen molar-refractivity contribution < 1.29 is 72.5 Å². The van der Waals surface area contributed by atoms with Gasteiger partial charge in [0.25, 0.3) is 0 Å². The maximum Gasteiger partial charge on any atom is 0.123 e. The van der Waals surface area contributed by atoms with Crippen molar-refractivity contribution in [1.29, 1.82) is 0 Å². The second kappa shape index (κ2) is 105. The highest BCUT2D eigenvalue weighted by Gasteiger charge is 2.22. The second-order valence-electron chi connectivity index (χ2n) is 39.9. The Morgan fingerprint density at radius 1 is 0.239 bits per heavy atom. The number of benzene rings is 3. The van der Waals surface area contributed by atoms with E-state index in [1.165, 1.54) is 461 Å². The molecule has 0 spiro atoms. The Morgan fingerprint density at radius 2 is 0.433 bits per heavy atom. The first-order chi connectivity index (χ1) is 66.0. The molecular formula is C119H220O15. The summed E-state index contributed by atoms with van der Waals surface area (Å²) in [7, 11) is 0. The lowest BCUT2D eigenvalue weighted by atomic mass is 10.0. The third-order valence-electron chi connectivity index (χ3n) is 25.6. The zero-order valence-corrected chi connectivity index (χ0v) is 89.2. The Labute approximate surface area is 828 Å². The number of epoxide rings is 2. The maximum atomic E-state index is 10.3. The van der Waals surface area contributed by atoms with E-state index >= 15 is 0 Å². The van der Waals surface area contributed by atoms with Gasteiger partial charge in [-0.25, -0.2) is 0 Å². The summed E-state index contributed by atoms with van der Waals surface area (Å²) < 4.78 is 62.5. The number of hydrogen-bond donors (Lipinski definition) is 4. The summed E-state index contributed by atoms with van der Waals surface area (Å²) in [6.07, 6.45) is 97.1. The van der Waals surface area contributed by atoms with Crippen molar-refractivity contribution in [3.8, 4) is 34.5 Å². The predicted octanol–water partition coefficient (Wildman–Crippen LogP) is 34.7. The van der Waals surface area contributed by atoms with Crippen LogP contribution in [0.5, 0.6) is 34.5 Å². The molecule has 0 saturated carbocycles. The van der Waals surface area contributed by atoms with Gasteiger partial charge in [0.2, 0.25) is 0 Å². The van der Waals surface area contributed by atoms with E-state index in [2.05, 4.69) is 55.4 Å². The Balaban J connectivity index is 0.000000991. The van der Waals surface area contributed by atoms with Crippen molar-refractivity contribution >= 4 is 0 Å². The Hall–Kier alpha value is -3.90. The van der Waals surface area contributed by atoms with E-state index in [-0.39, 0.29) is 37.9 Å². The molecule has 0 aromatic heterocycles. The van der Waals surface area contributed by atoms with E-state index in [0.29, 0.717) is 62.0 Å². The van der Waals surface area contributed by atoms with Gasteiger partial charge in [0, 0.05) is 63.1 Å². The van der Waals surface area contributed by atoms with Crippen molar-refractivity contribution in [2.24, 2.45) is 11.8 Å².